The van der Waals surface area contributed by atoms with E-state index in [1.54, 1.807) is 24.3 Å². The van der Waals surface area contributed by atoms with Gasteiger partial charge < -0.3 is 9.94 Å². The molecule has 5 nitrogen and oxygen atoms in total. The summed E-state index contributed by atoms with van der Waals surface area (Å²) in [5.41, 5.74) is 2.06. The van der Waals surface area contributed by atoms with Crippen LogP contribution in [-0.4, -0.2) is 22.8 Å². The molecule has 2 rings (SSSR count). The summed E-state index contributed by atoms with van der Waals surface area (Å²) in [5, 5.41) is 18.7. The van der Waals surface area contributed by atoms with Crippen molar-refractivity contribution in [2.45, 2.75) is 18.4 Å². The first-order valence-electron chi connectivity index (χ1n) is 6.03. The molecule has 1 aromatic carbocycles. The Balaban J connectivity index is 1.88. The van der Waals surface area contributed by atoms with E-state index in [9.17, 15) is 9.90 Å². The van der Waals surface area contributed by atoms with Crippen LogP contribution in [0.3, 0.4) is 0 Å². The fourth-order valence-electron chi connectivity index (χ4n) is 2.18. The SMILES string of the molecule is N=C(NOC(=O)CCl)C1CC(O)(c2ccc(Cl)cc2)C1. The van der Waals surface area contributed by atoms with Gasteiger partial charge in [0, 0.05) is 10.9 Å². The van der Waals surface area contributed by atoms with E-state index >= 15 is 0 Å². The lowest BCUT2D eigenvalue weighted by Crippen LogP contribution is -2.48. The monoisotopic (exact) mass is 316 g/mol. The van der Waals surface area contributed by atoms with E-state index < -0.39 is 11.6 Å². The number of aliphatic hydroxyl groups is 1. The molecule has 0 radical (unpaired) electrons. The summed E-state index contributed by atoms with van der Waals surface area (Å²) in [6.45, 7) is 0. The highest BCUT2D eigenvalue weighted by molar-refractivity contribution is 6.30. The van der Waals surface area contributed by atoms with Crippen LogP contribution in [0.15, 0.2) is 24.3 Å². The first-order valence-corrected chi connectivity index (χ1v) is 6.94. The zero-order valence-corrected chi connectivity index (χ0v) is 12.0. The summed E-state index contributed by atoms with van der Waals surface area (Å²) < 4.78 is 0. The second kappa shape index (κ2) is 5.99. The van der Waals surface area contributed by atoms with Crippen molar-refractivity contribution in [1.82, 2.24) is 5.48 Å². The molecule has 1 aromatic rings. The average Bonchev–Trinajstić information content (AvgIpc) is 2.41. The molecule has 0 unspecified atom stereocenters. The Labute approximate surface area is 126 Å². The number of halogens is 2. The van der Waals surface area contributed by atoms with Gasteiger partial charge >= 0.3 is 5.97 Å². The third kappa shape index (κ3) is 3.23. The minimum Gasteiger partial charge on any atom is -0.385 e. The van der Waals surface area contributed by atoms with Crippen LogP contribution < -0.4 is 5.48 Å². The molecule has 0 heterocycles. The van der Waals surface area contributed by atoms with Crippen molar-refractivity contribution < 1.29 is 14.7 Å². The van der Waals surface area contributed by atoms with Crippen LogP contribution in [-0.2, 0) is 15.2 Å². The maximum absolute atomic E-state index is 10.9. The number of hydroxylamine groups is 1. The van der Waals surface area contributed by atoms with E-state index in [0.29, 0.717) is 17.9 Å². The molecule has 3 N–H and O–H groups in total. The number of benzene rings is 1. The van der Waals surface area contributed by atoms with Gasteiger partial charge in [-0.2, -0.15) is 0 Å². The van der Waals surface area contributed by atoms with Crippen LogP contribution in [0.2, 0.25) is 5.02 Å². The van der Waals surface area contributed by atoms with E-state index in [1.807, 2.05) is 0 Å². The zero-order valence-electron chi connectivity index (χ0n) is 10.5. The number of carbonyl (C=O) groups excluding carboxylic acids is 1. The molecule has 0 amide bonds. The van der Waals surface area contributed by atoms with Gasteiger partial charge in [0.2, 0.25) is 0 Å². The summed E-state index contributed by atoms with van der Waals surface area (Å²) in [6.07, 6.45) is 0.776. The highest BCUT2D eigenvalue weighted by Gasteiger charge is 2.46. The third-order valence-electron chi connectivity index (χ3n) is 3.34. The molecule has 20 heavy (non-hydrogen) atoms. The fraction of sp³-hybridized carbons (Fsp3) is 0.385. The summed E-state index contributed by atoms with van der Waals surface area (Å²) in [6, 6.07) is 6.97. The maximum atomic E-state index is 10.9. The normalized spacial score (nSPS) is 24.6. The van der Waals surface area contributed by atoms with Crippen molar-refractivity contribution in [3.05, 3.63) is 34.9 Å². The maximum Gasteiger partial charge on any atom is 0.346 e. The Bertz CT molecular complexity index is 513. The van der Waals surface area contributed by atoms with E-state index in [0.717, 1.165) is 5.56 Å². The first kappa shape index (κ1) is 15.1. The quantitative estimate of drug-likeness (QED) is 0.345. The highest BCUT2D eigenvalue weighted by atomic mass is 35.5. The molecule has 1 fully saturated rings. The molecule has 0 aliphatic heterocycles. The van der Waals surface area contributed by atoms with Crippen molar-refractivity contribution in [2.24, 2.45) is 5.92 Å². The van der Waals surface area contributed by atoms with Crippen molar-refractivity contribution in [3.8, 4) is 0 Å². The van der Waals surface area contributed by atoms with Crippen LogP contribution in [0.5, 0.6) is 0 Å². The fourth-order valence-corrected chi connectivity index (χ4v) is 2.36. The molecular formula is C13H14Cl2N2O3. The summed E-state index contributed by atoms with van der Waals surface area (Å²) in [5.74, 6) is -1.05. The van der Waals surface area contributed by atoms with Gasteiger partial charge in [-0.25, -0.2) is 10.3 Å². The summed E-state index contributed by atoms with van der Waals surface area (Å²) >= 11 is 11.1. The molecular weight excluding hydrogens is 303 g/mol. The van der Waals surface area contributed by atoms with Crippen LogP contribution in [0.4, 0.5) is 0 Å². The third-order valence-corrected chi connectivity index (χ3v) is 3.81. The number of alkyl halides is 1. The number of carbonyl (C=O) groups is 1. The highest BCUT2D eigenvalue weighted by Crippen LogP contribution is 2.45. The minimum atomic E-state index is -0.959. The lowest BCUT2D eigenvalue weighted by atomic mass is 9.67. The molecule has 0 saturated heterocycles. The number of hydrogen-bond acceptors (Lipinski definition) is 4. The molecule has 0 bridgehead atoms. The molecule has 7 heteroatoms. The van der Waals surface area contributed by atoms with Gasteiger partial charge in [0.15, 0.2) is 0 Å². The topological polar surface area (TPSA) is 82.4 Å². The molecule has 0 aromatic heterocycles. The molecule has 0 atom stereocenters. The second-order valence-electron chi connectivity index (χ2n) is 4.77. The van der Waals surface area contributed by atoms with Crippen molar-refractivity contribution in [2.75, 3.05) is 5.88 Å². The Morgan fingerprint density at radius 2 is 2.05 bits per heavy atom. The smallest absolute Gasteiger partial charge is 0.346 e. The van der Waals surface area contributed by atoms with Gasteiger partial charge in [-0.1, -0.05) is 23.7 Å². The summed E-state index contributed by atoms with van der Waals surface area (Å²) in [7, 11) is 0. The molecule has 0 spiro atoms. The number of hydrogen-bond donors (Lipinski definition) is 3. The zero-order chi connectivity index (χ0) is 14.8. The van der Waals surface area contributed by atoms with Gasteiger partial charge in [-0.05, 0) is 30.5 Å². The van der Waals surface area contributed by atoms with E-state index in [2.05, 4.69) is 10.3 Å². The largest absolute Gasteiger partial charge is 0.385 e. The van der Waals surface area contributed by atoms with E-state index in [1.165, 1.54) is 0 Å². The predicted octanol–water partition coefficient (Wildman–Crippen LogP) is 2.20. The van der Waals surface area contributed by atoms with Crippen LogP contribution >= 0.6 is 23.2 Å². The Morgan fingerprint density at radius 1 is 1.45 bits per heavy atom. The molecule has 1 saturated carbocycles. The lowest BCUT2D eigenvalue weighted by molar-refractivity contribution is -0.145. The Kier molecular flexibility index (Phi) is 4.52. The number of amidine groups is 1. The lowest BCUT2D eigenvalue weighted by Gasteiger charge is -2.43. The van der Waals surface area contributed by atoms with Gasteiger partial charge in [-0.15, -0.1) is 11.6 Å². The van der Waals surface area contributed by atoms with Crippen LogP contribution in [0.25, 0.3) is 0 Å². The Morgan fingerprint density at radius 3 is 2.60 bits per heavy atom. The number of nitrogens with one attached hydrogen (secondary N) is 2. The van der Waals surface area contributed by atoms with Gasteiger partial charge in [-0.3, -0.25) is 5.41 Å². The van der Waals surface area contributed by atoms with Crippen molar-refractivity contribution in [3.63, 3.8) is 0 Å². The van der Waals surface area contributed by atoms with Crippen molar-refractivity contribution >= 4 is 35.0 Å². The van der Waals surface area contributed by atoms with Gasteiger partial charge in [0.1, 0.15) is 11.7 Å². The minimum absolute atomic E-state index is 0.0575. The van der Waals surface area contributed by atoms with Crippen LogP contribution in [0.1, 0.15) is 18.4 Å². The van der Waals surface area contributed by atoms with Gasteiger partial charge in [0.25, 0.3) is 0 Å². The molecule has 1 aliphatic carbocycles. The second-order valence-corrected chi connectivity index (χ2v) is 5.47. The summed E-state index contributed by atoms with van der Waals surface area (Å²) in [4.78, 5) is 15.4. The predicted molar refractivity (Wildman–Crippen MR) is 75.7 cm³/mol. The molecule has 1 aliphatic rings. The average molecular weight is 317 g/mol. The van der Waals surface area contributed by atoms with E-state index in [-0.39, 0.29) is 17.6 Å². The Hall–Kier alpha value is -1.30. The standard InChI is InChI=1S/C13H14Cl2N2O3/c14-7-11(18)20-17-12(16)8-5-13(19,6-8)9-1-3-10(15)4-2-9/h1-4,8,19H,5-7H2,(H2,16,17). The van der Waals surface area contributed by atoms with Gasteiger partial charge in [0.05, 0.1) is 5.60 Å². The first-order chi connectivity index (χ1) is 9.44. The van der Waals surface area contributed by atoms with Crippen LogP contribution in [0, 0.1) is 11.3 Å². The molecule has 108 valence electrons. The van der Waals surface area contributed by atoms with Crippen molar-refractivity contribution in [1.29, 1.82) is 5.41 Å². The van der Waals surface area contributed by atoms with E-state index in [4.69, 9.17) is 28.6 Å². The number of rotatable bonds is 3.